The number of hydrogen-bond donors (Lipinski definition) is 3. The van der Waals surface area contributed by atoms with E-state index >= 15 is 4.39 Å². The molecular weight excluding hydrogens is 424 g/mol. The van der Waals surface area contributed by atoms with Crippen molar-refractivity contribution in [2.45, 2.75) is 37.5 Å². The topological polar surface area (TPSA) is 74.6 Å². The van der Waals surface area contributed by atoms with Gasteiger partial charge in [0.05, 0.1) is 27.7 Å². The number of rotatable bonds is 4. The number of fused-ring (bicyclic) bond motifs is 1. The zero-order valence-corrected chi connectivity index (χ0v) is 16.8. The van der Waals surface area contributed by atoms with E-state index in [1.165, 1.54) is 4.57 Å². The van der Waals surface area contributed by atoms with Gasteiger partial charge in [0, 0.05) is 37.2 Å². The Morgan fingerprint density at radius 1 is 1.41 bits per heavy atom. The average Bonchev–Trinajstić information content (AvgIpc) is 3.55. The molecule has 5 rings (SSSR count). The van der Waals surface area contributed by atoms with E-state index in [4.69, 9.17) is 11.6 Å². The lowest BCUT2D eigenvalue weighted by Crippen LogP contribution is -2.31. The van der Waals surface area contributed by atoms with Crippen molar-refractivity contribution < 1.29 is 18.7 Å². The van der Waals surface area contributed by atoms with Crippen LogP contribution in [0, 0.1) is 11.2 Å². The molecule has 1 aromatic carbocycles. The maximum absolute atomic E-state index is 15.1. The Morgan fingerprint density at radius 3 is 2.62 bits per heavy atom. The summed E-state index contributed by atoms with van der Waals surface area (Å²) in [5, 5.41) is 9.20. The molecular formula is C19H18ClF2N3O3S. The molecule has 3 aliphatic rings. The van der Waals surface area contributed by atoms with E-state index < -0.39 is 35.0 Å². The first-order valence-corrected chi connectivity index (χ1v) is 10.2. The number of carboxylic acid groups (broad SMARTS) is 1. The zero-order chi connectivity index (χ0) is 20.7. The second-order valence-corrected chi connectivity index (χ2v) is 8.88. The molecule has 2 aromatic rings. The van der Waals surface area contributed by atoms with Crippen LogP contribution in [0.25, 0.3) is 10.9 Å². The molecule has 0 bridgehead atoms. The van der Waals surface area contributed by atoms with Gasteiger partial charge < -0.3 is 14.6 Å². The molecule has 1 spiro atoms. The Morgan fingerprint density at radius 2 is 2.10 bits per heavy atom. The standard InChI is InChI=1S/C19H18ClF2N3O3S/c20-14-15-8(17(26)9(18(27)28)5-25(15)12-4-10(12)21)3-11(22)16(14)24-6-13(23-29)19(7-24)1-2-19/h3,5,10,12-13,23,29H,1-2,4,6-7H2,(H,27,28). The summed E-state index contributed by atoms with van der Waals surface area (Å²) in [6.07, 6.45) is 2.17. The summed E-state index contributed by atoms with van der Waals surface area (Å²) >= 11 is 10.8. The Labute approximate surface area is 175 Å². The van der Waals surface area contributed by atoms with Crippen molar-refractivity contribution in [2.75, 3.05) is 18.0 Å². The molecule has 3 atom stereocenters. The zero-order valence-electron chi connectivity index (χ0n) is 15.2. The second-order valence-electron chi connectivity index (χ2n) is 8.25. The summed E-state index contributed by atoms with van der Waals surface area (Å²) in [6, 6.07) is 0.484. The maximum Gasteiger partial charge on any atom is 0.341 e. The fourth-order valence-electron chi connectivity index (χ4n) is 4.56. The third-order valence-electron chi connectivity index (χ3n) is 6.46. The lowest BCUT2D eigenvalue weighted by atomic mass is 10.0. The number of nitrogens with one attached hydrogen (secondary N) is 1. The lowest BCUT2D eigenvalue weighted by Gasteiger charge is -2.23. The Hall–Kier alpha value is -1.84. The number of thiol groups is 1. The Balaban J connectivity index is 1.73. The van der Waals surface area contributed by atoms with Crippen LogP contribution in [0.5, 0.6) is 0 Å². The van der Waals surface area contributed by atoms with Gasteiger partial charge >= 0.3 is 5.97 Å². The number of nitrogens with zero attached hydrogens (tertiary/aromatic N) is 2. The molecule has 3 unspecified atom stereocenters. The van der Waals surface area contributed by atoms with E-state index in [1.807, 2.05) is 4.90 Å². The Bertz CT molecular complexity index is 1120. The van der Waals surface area contributed by atoms with Crippen LogP contribution in [-0.4, -0.2) is 40.9 Å². The minimum Gasteiger partial charge on any atom is -0.477 e. The van der Waals surface area contributed by atoms with Gasteiger partial charge in [-0.25, -0.2) is 13.6 Å². The van der Waals surface area contributed by atoms with Gasteiger partial charge in [-0.15, -0.1) is 0 Å². The minimum atomic E-state index is -1.44. The maximum atomic E-state index is 15.1. The van der Waals surface area contributed by atoms with Crippen LogP contribution in [0.4, 0.5) is 14.5 Å². The lowest BCUT2D eigenvalue weighted by molar-refractivity contribution is 0.0694. The number of carboxylic acids is 1. The number of carbonyl (C=O) groups is 1. The summed E-state index contributed by atoms with van der Waals surface area (Å²) in [5.74, 6) is -2.14. The van der Waals surface area contributed by atoms with E-state index in [2.05, 4.69) is 17.5 Å². The summed E-state index contributed by atoms with van der Waals surface area (Å²) in [4.78, 5) is 26.0. The van der Waals surface area contributed by atoms with E-state index in [9.17, 15) is 19.1 Å². The highest BCUT2D eigenvalue weighted by molar-refractivity contribution is 7.78. The van der Waals surface area contributed by atoms with Crippen LogP contribution in [0.3, 0.4) is 0 Å². The largest absolute Gasteiger partial charge is 0.477 e. The van der Waals surface area contributed by atoms with Crippen molar-refractivity contribution in [3.63, 3.8) is 0 Å². The van der Waals surface area contributed by atoms with Gasteiger partial charge in [-0.05, 0) is 18.9 Å². The van der Waals surface area contributed by atoms with Crippen molar-refractivity contribution in [3.05, 3.63) is 38.9 Å². The molecule has 2 N–H and O–H groups in total. The summed E-state index contributed by atoms with van der Waals surface area (Å²) in [5.41, 5.74) is -1.00. The minimum absolute atomic E-state index is 0.00348. The van der Waals surface area contributed by atoms with Crippen LogP contribution in [0.15, 0.2) is 17.1 Å². The highest BCUT2D eigenvalue weighted by Gasteiger charge is 2.55. The van der Waals surface area contributed by atoms with Gasteiger partial charge in [0.2, 0.25) is 5.43 Å². The monoisotopic (exact) mass is 441 g/mol. The number of alkyl halides is 1. The normalized spacial score (nSPS) is 27.0. The molecule has 1 aromatic heterocycles. The summed E-state index contributed by atoms with van der Waals surface area (Å²) in [6.45, 7) is 1.10. The SMILES string of the molecule is O=C(O)c1cn(C2CC2F)c2c(Cl)c(N3CC(NS)C4(CC4)C3)c(F)cc2c1=O. The molecule has 2 aliphatic carbocycles. The van der Waals surface area contributed by atoms with Crippen molar-refractivity contribution in [2.24, 2.45) is 5.41 Å². The Kier molecular flexibility index (Phi) is 4.18. The summed E-state index contributed by atoms with van der Waals surface area (Å²) in [7, 11) is 0. The third kappa shape index (κ3) is 2.78. The van der Waals surface area contributed by atoms with E-state index in [0.29, 0.717) is 13.1 Å². The molecule has 2 saturated carbocycles. The van der Waals surface area contributed by atoms with Gasteiger partial charge in [0.15, 0.2) is 0 Å². The van der Waals surface area contributed by atoms with Crippen LogP contribution in [0.1, 0.15) is 35.7 Å². The van der Waals surface area contributed by atoms with E-state index in [0.717, 1.165) is 25.1 Å². The number of benzene rings is 1. The molecule has 6 nitrogen and oxygen atoms in total. The van der Waals surface area contributed by atoms with Crippen LogP contribution < -0.4 is 15.1 Å². The molecule has 2 heterocycles. The number of aromatic carboxylic acids is 1. The molecule has 1 aliphatic heterocycles. The van der Waals surface area contributed by atoms with Gasteiger partial charge in [0.25, 0.3) is 0 Å². The highest BCUT2D eigenvalue weighted by Crippen LogP contribution is 2.55. The smallest absolute Gasteiger partial charge is 0.341 e. The number of anilines is 1. The number of pyridine rings is 1. The number of halogens is 3. The molecule has 0 amide bonds. The first kappa shape index (κ1) is 19.1. The highest BCUT2D eigenvalue weighted by atomic mass is 35.5. The predicted molar refractivity (Wildman–Crippen MR) is 108 cm³/mol. The quantitative estimate of drug-likeness (QED) is 0.635. The van der Waals surface area contributed by atoms with Crippen molar-refractivity contribution in [3.8, 4) is 0 Å². The molecule has 10 heteroatoms. The third-order valence-corrected chi connectivity index (χ3v) is 7.13. The van der Waals surface area contributed by atoms with E-state index in [1.54, 1.807) is 0 Å². The summed E-state index contributed by atoms with van der Waals surface area (Å²) < 4.78 is 33.4. The fraction of sp³-hybridized carbons (Fsp3) is 0.474. The molecule has 1 saturated heterocycles. The van der Waals surface area contributed by atoms with Crippen LogP contribution >= 0.6 is 24.4 Å². The fourth-order valence-corrected chi connectivity index (χ4v) is 5.32. The van der Waals surface area contributed by atoms with Crippen LogP contribution in [0.2, 0.25) is 5.02 Å². The first-order valence-electron chi connectivity index (χ1n) is 9.36. The van der Waals surface area contributed by atoms with Crippen molar-refractivity contribution in [1.29, 1.82) is 0 Å². The average molecular weight is 442 g/mol. The first-order chi connectivity index (χ1) is 13.8. The number of hydrogen-bond acceptors (Lipinski definition) is 5. The van der Waals surface area contributed by atoms with Crippen LogP contribution in [-0.2, 0) is 0 Å². The van der Waals surface area contributed by atoms with Gasteiger partial charge in [-0.2, -0.15) is 0 Å². The molecule has 3 fully saturated rings. The molecule has 0 radical (unpaired) electrons. The van der Waals surface area contributed by atoms with Crippen molar-refractivity contribution in [1.82, 2.24) is 9.29 Å². The second kappa shape index (κ2) is 6.33. The van der Waals surface area contributed by atoms with Gasteiger partial charge in [0.1, 0.15) is 17.6 Å². The predicted octanol–water partition coefficient (Wildman–Crippen LogP) is 3.18. The van der Waals surface area contributed by atoms with Crippen molar-refractivity contribution >= 4 is 47.0 Å². The molecule has 29 heavy (non-hydrogen) atoms. The molecule has 154 valence electrons. The van der Waals surface area contributed by atoms with E-state index in [-0.39, 0.29) is 39.5 Å². The van der Waals surface area contributed by atoms with Gasteiger partial charge in [-0.3, -0.25) is 9.52 Å². The van der Waals surface area contributed by atoms with Gasteiger partial charge in [-0.1, -0.05) is 24.4 Å². The number of aromatic nitrogens is 1.